The molecule has 2 heterocycles. The van der Waals surface area contributed by atoms with Gasteiger partial charge >= 0.3 is 0 Å². The second-order valence-electron chi connectivity index (χ2n) is 8.92. The molecule has 8 heteroatoms. The van der Waals surface area contributed by atoms with Crippen LogP contribution in [0.3, 0.4) is 0 Å². The van der Waals surface area contributed by atoms with Gasteiger partial charge in [-0.2, -0.15) is 4.31 Å². The molecule has 4 rings (SSSR count). The lowest BCUT2D eigenvalue weighted by molar-refractivity contribution is -0.120. The fourth-order valence-electron chi connectivity index (χ4n) is 4.51. The van der Waals surface area contributed by atoms with Crippen LogP contribution in [0.15, 0.2) is 53.9 Å². The van der Waals surface area contributed by atoms with Gasteiger partial charge in [-0.15, -0.1) is 0 Å². The van der Waals surface area contributed by atoms with E-state index >= 15 is 0 Å². The average Bonchev–Trinajstić information content (AvgIpc) is 3.39. The summed E-state index contributed by atoms with van der Waals surface area (Å²) < 4.78 is 26.8. The predicted octanol–water partition coefficient (Wildman–Crippen LogP) is 3.88. The number of hydrogen-bond acceptors (Lipinski definition) is 4. The van der Waals surface area contributed by atoms with Gasteiger partial charge in [-0.3, -0.25) is 9.59 Å². The SMILES string of the molecule is Cc1cccc(C(=O)N2CCCC2)c1NC(=O)C1CCN(S(=O)(=O)/C=C/c2ccccc2)CC1. The number of sulfonamides is 1. The molecule has 2 aromatic rings. The number of amides is 2. The van der Waals surface area contributed by atoms with Crippen LogP contribution in [0.25, 0.3) is 6.08 Å². The summed E-state index contributed by atoms with van der Waals surface area (Å²) in [6.45, 7) is 3.93. The first-order valence-corrected chi connectivity index (χ1v) is 13.3. The standard InChI is InChI=1S/C26H31N3O4S/c1-20-8-7-11-23(26(31)28-15-5-6-16-28)24(20)27-25(30)22-12-17-29(18-13-22)34(32,33)19-14-21-9-3-2-4-10-21/h2-4,7-11,14,19,22H,5-6,12-13,15-18H2,1H3,(H,27,30)/b19-14+. The molecule has 2 aromatic carbocycles. The Labute approximate surface area is 201 Å². The van der Waals surface area contributed by atoms with Crippen LogP contribution in [0.2, 0.25) is 0 Å². The van der Waals surface area contributed by atoms with Gasteiger partial charge in [-0.25, -0.2) is 8.42 Å². The molecule has 0 spiro atoms. The fourth-order valence-corrected chi connectivity index (χ4v) is 5.74. The number of piperidine rings is 1. The van der Waals surface area contributed by atoms with Crippen molar-refractivity contribution in [3.63, 3.8) is 0 Å². The molecule has 0 radical (unpaired) electrons. The van der Waals surface area contributed by atoms with Crippen LogP contribution >= 0.6 is 0 Å². The first kappa shape index (κ1) is 24.2. The van der Waals surface area contributed by atoms with Gasteiger partial charge in [0.2, 0.25) is 15.9 Å². The molecule has 7 nitrogen and oxygen atoms in total. The Kier molecular flexibility index (Phi) is 7.48. The largest absolute Gasteiger partial charge is 0.339 e. The maximum Gasteiger partial charge on any atom is 0.255 e. The molecule has 0 bridgehead atoms. The normalized spacial score (nSPS) is 17.9. The van der Waals surface area contributed by atoms with Crippen molar-refractivity contribution in [3.8, 4) is 0 Å². The number of nitrogens with one attached hydrogen (secondary N) is 1. The van der Waals surface area contributed by atoms with Crippen molar-refractivity contribution in [2.24, 2.45) is 5.92 Å². The minimum absolute atomic E-state index is 0.0531. The number of hydrogen-bond donors (Lipinski definition) is 1. The topological polar surface area (TPSA) is 86.8 Å². The Morgan fingerprint density at radius 3 is 2.29 bits per heavy atom. The van der Waals surface area contributed by atoms with E-state index in [-0.39, 0.29) is 30.8 Å². The highest BCUT2D eigenvalue weighted by Crippen LogP contribution is 2.27. The molecule has 0 saturated carbocycles. The molecule has 34 heavy (non-hydrogen) atoms. The summed E-state index contributed by atoms with van der Waals surface area (Å²) in [6.07, 6.45) is 4.46. The summed E-state index contributed by atoms with van der Waals surface area (Å²) in [5, 5.41) is 4.21. The molecule has 1 N–H and O–H groups in total. The molecule has 2 saturated heterocycles. The van der Waals surface area contributed by atoms with Gasteiger partial charge in [-0.05, 0) is 55.9 Å². The Balaban J connectivity index is 1.39. The lowest BCUT2D eigenvalue weighted by Crippen LogP contribution is -2.40. The first-order chi connectivity index (χ1) is 16.3. The smallest absolute Gasteiger partial charge is 0.255 e. The predicted molar refractivity (Wildman–Crippen MR) is 134 cm³/mol. The van der Waals surface area contributed by atoms with Crippen molar-refractivity contribution in [2.45, 2.75) is 32.6 Å². The molecule has 0 unspecified atom stereocenters. The van der Waals surface area contributed by atoms with Crippen molar-refractivity contribution in [1.82, 2.24) is 9.21 Å². The lowest BCUT2D eigenvalue weighted by atomic mass is 9.96. The number of anilines is 1. The van der Waals surface area contributed by atoms with E-state index in [2.05, 4.69) is 5.32 Å². The molecule has 180 valence electrons. The van der Waals surface area contributed by atoms with E-state index in [1.165, 1.54) is 9.71 Å². The van der Waals surface area contributed by atoms with Crippen LogP contribution in [0.4, 0.5) is 5.69 Å². The molecule has 0 aromatic heterocycles. The van der Waals surface area contributed by atoms with Gasteiger partial charge in [0.25, 0.3) is 5.91 Å². The van der Waals surface area contributed by atoms with Gasteiger partial charge in [0.1, 0.15) is 0 Å². The average molecular weight is 482 g/mol. The van der Waals surface area contributed by atoms with E-state index in [0.29, 0.717) is 24.1 Å². The molecule has 2 aliphatic heterocycles. The summed E-state index contributed by atoms with van der Waals surface area (Å²) in [7, 11) is -3.55. The van der Waals surface area contributed by atoms with E-state index in [0.717, 1.165) is 37.1 Å². The van der Waals surface area contributed by atoms with Crippen molar-refractivity contribution >= 4 is 33.6 Å². The number of carbonyl (C=O) groups excluding carboxylic acids is 2. The van der Waals surface area contributed by atoms with Crippen LogP contribution in [0.5, 0.6) is 0 Å². The minimum atomic E-state index is -3.55. The zero-order valence-electron chi connectivity index (χ0n) is 19.4. The highest BCUT2D eigenvalue weighted by molar-refractivity contribution is 7.92. The van der Waals surface area contributed by atoms with E-state index in [1.54, 1.807) is 12.1 Å². The summed E-state index contributed by atoms with van der Waals surface area (Å²) in [6, 6.07) is 14.8. The van der Waals surface area contributed by atoms with E-state index in [4.69, 9.17) is 0 Å². The van der Waals surface area contributed by atoms with Crippen LogP contribution in [-0.2, 0) is 14.8 Å². The third kappa shape index (κ3) is 5.56. The monoisotopic (exact) mass is 481 g/mol. The zero-order valence-corrected chi connectivity index (χ0v) is 20.3. The fraction of sp³-hybridized carbons (Fsp3) is 0.385. The second kappa shape index (κ2) is 10.5. The van der Waals surface area contributed by atoms with Crippen molar-refractivity contribution in [1.29, 1.82) is 0 Å². The maximum absolute atomic E-state index is 13.1. The highest BCUT2D eigenvalue weighted by Gasteiger charge is 2.31. The van der Waals surface area contributed by atoms with Gasteiger partial charge in [0.15, 0.2) is 0 Å². The number of likely N-dealkylation sites (tertiary alicyclic amines) is 1. The van der Waals surface area contributed by atoms with Gasteiger partial charge in [0.05, 0.1) is 11.3 Å². The van der Waals surface area contributed by atoms with Crippen LogP contribution < -0.4 is 5.32 Å². The number of nitrogens with zero attached hydrogens (tertiary/aromatic N) is 2. The summed E-state index contributed by atoms with van der Waals surface area (Å²) in [5.41, 5.74) is 2.73. The number of benzene rings is 2. The summed E-state index contributed by atoms with van der Waals surface area (Å²) >= 11 is 0. The van der Waals surface area contributed by atoms with Crippen LogP contribution in [0, 0.1) is 12.8 Å². The van der Waals surface area contributed by atoms with Crippen molar-refractivity contribution < 1.29 is 18.0 Å². The summed E-state index contributed by atoms with van der Waals surface area (Å²) in [4.78, 5) is 27.9. The summed E-state index contributed by atoms with van der Waals surface area (Å²) in [5.74, 6) is -0.525. The maximum atomic E-state index is 13.1. The molecular weight excluding hydrogens is 450 g/mol. The third-order valence-electron chi connectivity index (χ3n) is 6.56. The third-order valence-corrected chi connectivity index (χ3v) is 8.13. The Morgan fingerprint density at radius 1 is 0.941 bits per heavy atom. The minimum Gasteiger partial charge on any atom is -0.339 e. The van der Waals surface area contributed by atoms with Gasteiger partial charge in [0, 0.05) is 37.5 Å². The number of carbonyl (C=O) groups is 2. The van der Waals surface area contributed by atoms with E-state index < -0.39 is 10.0 Å². The van der Waals surface area contributed by atoms with Gasteiger partial charge < -0.3 is 10.2 Å². The molecule has 0 aliphatic carbocycles. The second-order valence-corrected chi connectivity index (χ2v) is 10.7. The molecular formula is C26H31N3O4S. The van der Waals surface area contributed by atoms with E-state index in [9.17, 15) is 18.0 Å². The lowest BCUT2D eigenvalue weighted by Gasteiger charge is -2.30. The highest BCUT2D eigenvalue weighted by atomic mass is 32.2. The van der Waals surface area contributed by atoms with E-state index in [1.807, 2.05) is 54.3 Å². The Hall–Kier alpha value is -2.97. The molecule has 2 fully saturated rings. The van der Waals surface area contributed by atoms with Crippen LogP contribution in [-0.4, -0.2) is 55.6 Å². The first-order valence-electron chi connectivity index (χ1n) is 11.8. The zero-order chi connectivity index (χ0) is 24.1. The van der Waals surface area contributed by atoms with Crippen molar-refractivity contribution in [2.75, 3.05) is 31.5 Å². The Morgan fingerprint density at radius 2 is 1.62 bits per heavy atom. The Bertz CT molecular complexity index is 1160. The van der Waals surface area contributed by atoms with Crippen LogP contribution in [0.1, 0.15) is 47.2 Å². The molecule has 2 aliphatic rings. The number of para-hydroxylation sites is 1. The molecule has 0 atom stereocenters. The molecule has 2 amide bonds. The number of aryl methyl sites for hydroxylation is 1. The van der Waals surface area contributed by atoms with Gasteiger partial charge in [-0.1, -0.05) is 42.5 Å². The number of rotatable bonds is 6. The van der Waals surface area contributed by atoms with Crippen molar-refractivity contribution in [3.05, 3.63) is 70.6 Å². The quantitative estimate of drug-likeness (QED) is 0.678.